The Morgan fingerprint density at radius 2 is 2.12 bits per heavy atom. The van der Waals surface area contributed by atoms with E-state index < -0.39 is 0 Å². The zero-order valence-electron chi connectivity index (χ0n) is 9.24. The summed E-state index contributed by atoms with van der Waals surface area (Å²) in [5.41, 5.74) is 0.761. The van der Waals surface area contributed by atoms with Gasteiger partial charge < -0.3 is 10.2 Å². The van der Waals surface area contributed by atoms with Gasteiger partial charge in [-0.1, -0.05) is 15.9 Å². The zero-order chi connectivity index (χ0) is 11.5. The molecule has 1 saturated heterocycles. The van der Waals surface area contributed by atoms with Gasteiger partial charge in [0.25, 0.3) is 5.91 Å². The molecule has 86 valence electrons. The molecule has 0 bridgehead atoms. The van der Waals surface area contributed by atoms with E-state index in [1.807, 2.05) is 29.2 Å². The van der Waals surface area contributed by atoms with Gasteiger partial charge in [-0.3, -0.25) is 4.79 Å². The molecule has 1 aromatic rings. The molecule has 1 atom stereocenters. The van der Waals surface area contributed by atoms with Crippen LogP contribution in [0.3, 0.4) is 0 Å². The van der Waals surface area contributed by atoms with Crippen molar-refractivity contribution in [3.8, 4) is 0 Å². The van der Waals surface area contributed by atoms with E-state index >= 15 is 0 Å². The third kappa shape index (κ3) is 2.62. The first kappa shape index (κ1) is 11.6. The summed E-state index contributed by atoms with van der Waals surface area (Å²) in [5.74, 6) is 0.126. The summed E-state index contributed by atoms with van der Waals surface area (Å²) in [5, 5.41) is 3.33. The second-order valence-electron chi connectivity index (χ2n) is 4.11. The SMILES string of the molecule is C[C@@H]1CN(C(=O)c2ccc(Br)cc2)CCN1. The predicted molar refractivity (Wildman–Crippen MR) is 67.5 cm³/mol. The first-order valence-electron chi connectivity index (χ1n) is 5.45. The number of carbonyl (C=O) groups is 1. The van der Waals surface area contributed by atoms with Crippen molar-refractivity contribution in [1.82, 2.24) is 10.2 Å². The van der Waals surface area contributed by atoms with Gasteiger partial charge in [0.1, 0.15) is 0 Å². The van der Waals surface area contributed by atoms with Crippen molar-refractivity contribution in [2.75, 3.05) is 19.6 Å². The standard InChI is InChI=1S/C12H15BrN2O/c1-9-8-15(7-6-14-9)12(16)10-2-4-11(13)5-3-10/h2-5,9,14H,6-8H2,1H3/t9-/m1/s1. The van der Waals surface area contributed by atoms with E-state index in [4.69, 9.17) is 0 Å². The average molecular weight is 283 g/mol. The number of nitrogens with one attached hydrogen (secondary N) is 1. The monoisotopic (exact) mass is 282 g/mol. The lowest BCUT2D eigenvalue weighted by Crippen LogP contribution is -2.51. The highest BCUT2D eigenvalue weighted by Crippen LogP contribution is 2.13. The molecule has 1 aromatic carbocycles. The van der Waals surface area contributed by atoms with Crippen LogP contribution in [0.5, 0.6) is 0 Å². The maximum absolute atomic E-state index is 12.1. The van der Waals surface area contributed by atoms with Crippen LogP contribution in [0.15, 0.2) is 28.7 Å². The summed E-state index contributed by atoms with van der Waals surface area (Å²) < 4.78 is 0.998. The number of hydrogen-bond donors (Lipinski definition) is 1. The van der Waals surface area contributed by atoms with Gasteiger partial charge in [0.2, 0.25) is 0 Å². The molecule has 1 heterocycles. The molecule has 2 rings (SSSR count). The van der Waals surface area contributed by atoms with Gasteiger partial charge in [-0.15, -0.1) is 0 Å². The fourth-order valence-corrected chi connectivity index (χ4v) is 2.16. The molecule has 0 spiro atoms. The molecule has 0 unspecified atom stereocenters. The van der Waals surface area contributed by atoms with Gasteiger partial charge in [-0.25, -0.2) is 0 Å². The van der Waals surface area contributed by atoms with Gasteiger partial charge in [0.05, 0.1) is 0 Å². The Kier molecular flexibility index (Phi) is 3.61. The van der Waals surface area contributed by atoms with Crippen LogP contribution in [0.1, 0.15) is 17.3 Å². The second kappa shape index (κ2) is 4.97. The fraction of sp³-hybridized carbons (Fsp3) is 0.417. The molecule has 1 aliphatic rings. The number of piperazine rings is 1. The summed E-state index contributed by atoms with van der Waals surface area (Å²) in [6.45, 7) is 4.55. The number of benzene rings is 1. The highest BCUT2D eigenvalue weighted by atomic mass is 79.9. The summed E-state index contributed by atoms with van der Waals surface area (Å²) >= 11 is 3.37. The fourth-order valence-electron chi connectivity index (χ4n) is 1.89. The molecular formula is C12H15BrN2O. The van der Waals surface area contributed by atoms with Crippen molar-refractivity contribution in [1.29, 1.82) is 0 Å². The van der Waals surface area contributed by atoms with E-state index in [0.29, 0.717) is 6.04 Å². The van der Waals surface area contributed by atoms with E-state index in [1.165, 1.54) is 0 Å². The van der Waals surface area contributed by atoms with Crippen molar-refractivity contribution in [3.05, 3.63) is 34.3 Å². The summed E-state index contributed by atoms with van der Waals surface area (Å²) in [4.78, 5) is 14.0. The Morgan fingerprint density at radius 1 is 1.44 bits per heavy atom. The predicted octanol–water partition coefficient (Wildman–Crippen LogP) is 1.88. The van der Waals surface area contributed by atoms with E-state index in [-0.39, 0.29) is 5.91 Å². The topological polar surface area (TPSA) is 32.3 Å². The van der Waals surface area contributed by atoms with Crippen LogP contribution in [0.4, 0.5) is 0 Å². The van der Waals surface area contributed by atoms with Crippen molar-refractivity contribution < 1.29 is 4.79 Å². The number of amides is 1. The molecular weight excluding hydrogens is 268 g/mol. The largest absolute Gasteiger partial charge is 0.336 e. The summed E-state index contributed by atoms with van der Waals surface area (Å²) in [6, 6.07) is 7.91. The second-order valence-corrected chi connectivity index (χ2v) is 5.03. The highest BCUT2D eigenvalue weighted by molar-refractivity contribution is 9.10. The molecule has 3 nitrogen and oxygen atoms in total. The molecule has 0 aliphatic carbocycles. The van der Waals surface area contributed by atoms with Gasteiger partial charge in [0, 0.05) is 35.7 Å². The van der Waals surface area contributed by atoms with Crippen LogP contribution in [-0.2, 0) is 0 Å². The van der Waals surface area contributed by atoms with E-state index in [1.54, 1.807) is 0 Å². The van der Waals surface area contributed by atoms with Crippen molar-refractivity contribution in [2.24, 2.45) is 0 Å². The van der Waals surface area contributed by atoms with Gasteiger partial charge in [-0.2, -0.15) is 0 Å². The number of carbonyl (C=O) groups excluding carboxylic acids is 1. The van der Waals surface area contributed by atoms with Gasteiger partial charge in [0.15, 0.2) is 0 Å². The molecule has 16 heavy (non-hydrogen) atoms. The minimum absolute atomic E-state index is 0.126. The van der Waals surface area contributed by atoms with E-state index in [9.17, 15) is 4.79 Å². The van der Waals surface area contributed by atoms with E-state index in [2.05, 4.69) is 28.2 Å². The lowest BCUT2D eigenvalue weighted by molar-refractivity contribution is 0.0709. The van der Waals surface area contributed by atoms with Gasteiger partial charge in [-0.05, 0) is 31.2 Å². The highest BCUT2D eigenvalue weighted by Gasteiger charge is 2.21. The smallest absolute Gasteiger partial charge is 0.253 e. The molecule has 0 saturated carbocycles. The number of hydrogen-bond acceptors (Lipinski definition) is 2. The lowest BCUT2D eigenvalue weighted by Gasteiger charge is -2.31. The minimum atomic E-state index is 0.126. The molecule has 1 amide bonds. The Hall–Kier alpha value is -0.870. The average Bonchev–Trinajstić information content (AvgIpc) is 2.29. The summed E-state index contributed by atoms with van der Waals surface area (Å²) in [7, 11) is 0. The Bertz CT molecular complexity index is 377. The lowest BCUT2D eigenvalue weighted by atomic mass is 10.1. The van der Waals surface area contributed by atoms with Crippen LogP contribution in [0, 0.1) is 0 Å². The van der Waals surface area contributed by atoms with Gasteiger partial charge >= 0.3 is 0 Å². The Labute approximate surface area is 104 Å². The molecule has 1 N–H and O–H groups in total. The maximum Gasteiger partial charge on any atom is 0.253 e. The first-order valence-corrected chi connectivity index (χ1v) is 6.24. The molecule has 1 aliphatic heterocycles. The Morgan fingerprint density at radius 3 is 2.75 bits per heavy atom. The Balaban J connectivity index is 2.09. The normalized spacial score (nSPS) is 20.9. The van der Waals surface area contributed by atoms with Crippen LogP contribution in [-0.4, -0.2) is 36.5 Å². The van der Waals surface area contributed by atoms with Crippen molar-refractivity contribution in [3.63, 3.8) is 0 Å². The number of rotatable bonds is 1. The van der Waals surface area contributed by atoms with E-state index in [0.717, 1.165) is 29.7 Å². The van der Waals surface area contributed by atoms with Crippen LogP contribution >= 0.6 is 15.9 Å². The number of halogens is 1. The first-order chi connectivity index (χ1) is 7.66. The third-order valence-corrected chi connectivity index (χ3v) is 3.28. The maximum atomic E-state index is 12.1. The molecule has 1 fully saturated rings. The molecule has 4 heteroatoms. The van der Waals surface area contributed by atoms with Crippen molar-refractivity contribution >= 4 is 21.8 Å². The van der Waals surface area contributed by atoms with Crippen molar-refractivity contribution in [2.45, 2.75) is 13.0 Å². The third-order valence-electron chi connectivity index (χ3n) is 2.75. The number of nitrogens with zero attached hydrogens (tertiary/aromatic N) is 1. The summed E-state index contributed by atoms with van der Waals surface area (Å²) in [6.07, 6.45) is 0. The quantitative estimate of drug-likeness (QED) is 0.853. The minimum Gasteiger partial charge on any atom is -0.336 e. The van der Waals surface area contributed by atoms with Crippen LogP contribution in [0.2, 0.25) is 0 Å². The molecule has 0 aromatic heterocycles. The van der Waals surface area contributed by atoms with Crippen LogP contribution in [0.25, 0.3) is 0 Å². The van der Waals surface area contributed by atoms with Crippen LogP contribution < -0.4 is 5.32 Å². The zero-order valence-corrected chi connectivity index (χ0v) is 10.8. The molecule has 0 radical (unpaired) electrons.